The van der Waals surface area contributed by atoms with Crippen molar-refractivity contribution < 1.29 is 0 Å². The fourth-order valence-electron chi connectivity index (χ4n) is 2.31. The van der Waals surface area contributed by atoms with Crippen molar-refractivity contribution in [2.45, 2.75) is 12.3 Å². The summed E-state index contributed by atoms with van der Waals surface area (Å²) in [4.78, 5) is 8.21. The Morgan fingerprint density at radius 2 is 2.29 bits per heavy atom. The van der Waals surface area contributed by atoms with E-state index in [4.69, 9.17) is 17.5 Å². The molecular weight excluding hydrogens is 236 g/mol. The highest BCUT2D eigenvalue weighted by Gasteiger charge is 2.22. The van der Waals surface area contributed by atoms with Crippen LogP contribution < -0.4 is 5.73 Å². The molecule has 17 heavy (non-hydrogen) atoms. The predicted octanol–water partition coefficient (Wildman–Crippen LogP) is 2.16. The maximum Gasteiger partial charge on any atom is 0.220 e. The third-order valence-electron chi connectivity index (χ3n) is 3.23. The van der Waals surface area contributed by atoms with Crippen LogP contribution in [0.5, 0.6) is 0 Å². The molecule has 0 unspecified atom stereocenters. The number of benzene rings is 1. The Balaban J connectivity index is 1.99. The zero-order valence-electron chi connectivity index (χ0n) is 9.31. The lowest BCUT2D eigenvalue weighted by Gasteiger charge is -2.10. The summed E-state index contributed by atoms with van der Waals surface area (Å²) in [6, 6.07) is 6.24. The summed E-state index contributed by atoms with van der Waals surface area (Å²) in [7, 11) is 0. The van der Waals surface area contributed by atoms with Crippen LogP contribution in [0.25, 0.3) is 10.9 Å². The molecule has 1 aliphatic rings. The van der Waals surface area contributed by atoms with Gasteiger partial charge in [0, 0.05) is 24.7 Å². The lowest BCUT2D eigenvalue weighted by Crippen LogP contribution is -2.06. The summed E-state index contributed by atoms with van der Waals surface area (Å²) in [5.74, 6) is 0.826. The van der Waals surface area contributed by atoms with Crippen molar-refractivity contribution in [2.75, 3.05) is 18.8 Å². The minimum Gasteiger partial charge on any atom is -0.368 e. The average Bonchev–Trinajstić information content (AvgIpc) is 2.75. The predicted molar refractivity (Wildman–Crippen MR) is 68.7 cm³/mol. The lowest BCUT2D eigenvalue weighted by atomic mass is 9.97. The van der Waals surface area contributed by atoms with E-state index >= 15 is 0 Å². The highest BCUT2D eigenvalue weighted by molar-refractivity contribution is 6.13. The van der Waals surface area contributed by atoms with E-state index in [2.05, 4.69) is 22.1 Å². The van der Waals surface area contributed by atoms with Crippen LogP contribution in [0.4, 0.5) is 5.95 Å². The number of rotatable bonds is 1. The number of anilines is 1. The Kier molecular flexibility index (Phi) is 2.61. The van der Waals surface area contributed by atoms with Gasteiger partial charge in [-0.05, 0) is 41.8 Å². The summed E-state index contributed by atoms with van der Waals surface area (Å²) in [5.41, 5.74) is 7.75. The topological polar surface area (TPSA) is 55.0 Å². The standard InChI is InChI=1S/C12H13ClN4/c13-17-4-3-9(7-17)8-1-2-11-10(5-8)6-15-12(14)16-11/h1-2,5-6,9H,3-4,7H2,(H2,14,15,16)/t9-/m0/s1. The van der Waals surface area contributed by atoms with Gasteiger partial charge in [-0.2, -0.15) is 0 Å². The van der Waals surface area contributed by atoms with E-state index in [0.29, 0.717) is 11.9 Å². The first kappa shape index (κ1) is 10.7. The van der Waals surface area contributed by atoms with Crippen molar-refractivity contribution >= 4 is 28.6 Å². The van der Waals surface area contributed by atoms with E-state index in [1.807, 2.05) is 10.5 Å². The number of halogens is 1. The molecule has 88 valence electrons. The second-order valence-electron chi connectivity index (χ2n) is 4.40. The quantitative estimate of drug-likeness (QED) is 0.786. The van der Waals surface area contributed by atoms with Gasteiger partial charge in [-0.1, -0.05) is 6.07 Å². The van der Waals surface area contributed by atoms with E-state index in [9.17, 15) is 0 Å². The molecule has 1 fully saturated rings. The smallest absolute Gasteiger partial charge is 0.220 e. The van der Waals surface area contributed by atoms with Crippen LogP contribution in [0.1, 0.15) is 17.9 Å². The molecule has 4 nitrogen and oxygen atoms in total. The summed E-state index contributed by atoms with van der Waals surface area (Å²) < 4.78 is 1.84. The van der Waals surface area contributed by atoms with Crippen LogP contribution in [-0.2, 0) is 0 Å². The number of hydrogen-bond donors (Lipinski definition) is 1. The molecule has 2 aromatic rings. The first-order chi connectivity index (χ1) is 8.22. The highest BCUT2D eigenvalue weighted by atomic mass is 35.5. The largest absolute Gasteiger partial charge is 0.368 e. The van der Waals surface area contributed by atoms with Crippen LogP contribution in [-0.4, -0.2) is 27.5 Å². The number of hydrogen-bond acceptors (Lipinski definition) is 4. The van der Waals surface area contributed by atoms with E-state index in [-0.39, 0.29) is 0 Å². The average molecular weight is 249 g/mol. The lowest BCUT2D eigenvalue weighted by molar-refractivity contribution is 0.556. The fraction of sp³-hybridized carbons (Fsp3) is 0.333. The van der Waals surface area contributed by atoms with Crippen molar-refractivity contribution in [1.82, 2.24) is 14.4 Å². The molecule has 0 spiro atoms. The van der Waals surface area contributed by atoms with Gasteiger partial charge in [0.25, 0.3) is 0 Å². The van der Waals surface area contributed by atoms with Gasteiger partial charge in [-0.25, -0.2) is 14.4 Å². The molecule has 5 heteroatoms. The van der Waals surface area contributed by atoms with Crippen LogP contribution in [0.15, 0.2) is 24.4 Å². The fourth-order valence-corrected chi connectivity index (χ4v) is 2.57. The Morgan fingerprint density at radius 3 is 3.06 bits per heavy atom. The van der Waals surface area contributed by atoms with Gasteiger partial charge in [0.15, 0.2) is 0 Å². The van der Waals surface area contributed by atoms with E-state index in [1.54, 1.807) is 6.20 Å². The molecule has 2 N–H and O–H groups in total. The van der Waals surface area contributed by atoms with Crippen LogP contribution in [0.2, 0.25) is 0 Å². The highest BCUT2D eigenvalue weighted by Crippen LogP contribution is 2.29. The van der Waals surface area contributed by atoms with Crippen LogP contribution >= 0.6 is 11.8 Å². The van der Waals surface area contributed by atoms with Crippen molar-refractivity contribution in [3.8, 4) is 0 Å². The first-order valence-corrected chi connectivity index (χ1v) is 5.99. The molecule has 2 heterocycles. The second kappa shape index (κ2) is 4.13. The molecule has 0 bridgehead atoms. The molecule has 1 aromatic carbocycles. The molecule has 0 radical (unpaired) electrons. The maximum absolute atomic E-state index is 5.99. The van der Waals surface area contributed by atoms with Gasteiger partial charge < -0.3 is 5.73 Å². The summed E-state index contributed by atoms with van der Waals surface area (Å²) in [6.07, 6.45) is 2.87. The Hall–Kier alpha value is -1.39. The second-order valence-corrected chi connectivity index (χ2v) is 4.88. The summed E-state index contributed by atoms with van der Waals surface area (Å²) >= 11 is 5.99. The van der Waals surface area contributed by atoms with E-state index < -0.39 is 0 Å². The number of nitrogens with zero attached hydrogens (tertiary/aromatic N) is 3. The van der Waals surface area contributed by atoms with Crippen molar-refractivity contribution in [3.63, 3.8) is 0 Å². The molecule has 1 saturated heterocycles. The summed E-state index contributed by atoms with van der Waals surface area (Å²) in [6.45, 7) is 1.85. The number of fused-ring (bicyclic) bond motifs is 1. The van der Waals surface area contributed by atoms with Gasteiger partial charge in [0.05, 0.1) is 5.52 Å². The molecule has 1 aromatic heterocycles. The van der Waals surface area contributed by atoms with Crippen LogP contribution in [0.3, 0.4) is 0 Å². The number of aromatic nitrogens is 2. The van der Waals surface area contributed by atoms with Crippen molar-refractivity contribution in [1.29, 1.82) is 0 Å². The Morgan fingerprint density at radius 1 is 1.41 bits per heavy atom. The summed E-state index contributed by atoms with van der Waals surface area (Å²) in [5, 5.41) is 1.03. The molecule has 3 rings (SSSR count). The first-order valence-electron chi connectivity index (χ1n) is 5.65. The van der Waals surface area contributed by atoms with Crippen molar-refractivity contribution in [3.05, 3.63) is 30.0 Å². The third kappa shape index (κ3) is 2.06. The third-order valence-corrected chi connectivity index (χ3v) is 3.54. The van der Waals surface area contributed by atoms with E-state index in [0.717, 1.165) is 30.4 Å². The van der Waals surface area contributed by atoms with Gasteiger partial charge in [0.1, 0.15) is 0 Å². The normalized spacial score (nSPS) is 21.1. The number of nitrogens with two attached hydrogens (primary N) is 1. The molecule has 0 saturated carbocycles. The Bertz CT molecular complexity index is 557. The SMILES string of the molecule is Nc1ncc2cc([C@H]3CCN(Cl)C3)ccc2n1. The minimum absolute atomic E-state index is 0.318. The zero-order chi connectivity index (χ0) is 11.8. The molecule has 1 aliphatic heterocycles. The Labute approximate surface area is 105 Å². The maximum atomic E-state index is 5.99. The van der Waals surface area contributed by atoms with Gasteiger partial charge in [0.2, 0.25) is 5.95 Å². The molecule has 1 atom stereocenters. The van der Waals surface area contributed by atoms with Gasteiger partial charge >= 0.3 is 0 Å². The zero-order valence-corrected chi connectivity index (χ0v) is 10.1. The van der Waals surface area contributed by atoms with Gasteiger partial charge in [-0.3, -0.25) is 0 Å². The molecule has 0 aliphatic carbocycles. The van der Waals surface area contributed by atoms with Crippen molar-refractivity contribution in [2.24, 2.45) is 0 Å². The minimum atomic E-state index is 0.318. The monoisotopic (exact) mass is 248 g/mol. The van der Waals surface area contributed by atoms with Gasteiger partial charge in [-0.15, -0.1) is 0 Å². The van der Waals surface area contributed by atoms with Crippen LogP contribution in [0, 0.1) is 0 Å². The number of nitrogen functional groups attached to an aromatic ring is 1. The molecule has 0 amide bonds. The molecular formula is C12H13ClN4. The van der Waals surface area contributed by atoms with E-state index in [1.165, 1.54) is 5.56 Å².